The number of nitrogens with one attached hydrogen (secondary N) is 2. The van der Waals surface area contributed by atoms with Gasteiger partial charge < -0.3 is 24.3 Å². The maximum Gasteiger partial charge on any atom is 2.00 e. The number of aromatic amines is 2. The number of ether oxygens (including phenoxy) is 2. The molecule has 74 heavy (non-hydrogen) atoms. The van der Waals surface area contributed by atoms with Gasteiger partial charge in [0.05, 0.1) is 19.1 Å². The summed E-state index contributed by atoms with van der Waals surface area (Å²) in [4.78, 5) is 62.6. The molecule has 0 radical (unpaired) electrons. The minimum Gasteiger partial charge on any atom is -0.664 e. The zero-order valence-electron chi connectivity index (χ0n) is 48.2. The zero-order valence-corrected chi connectivity index (χ0v) is 49.6. The molecule has 5 rings (SSSR count). The molecule has 11 heteroatoms. The van der Waals surface area contributed by atoms with Gasteiger partial charge in [0.2, 0.25) is 22.8 Å². The van der Waals surface area contributed by atoms with Crippen molar-refractivity contribution >= 4 is 74.2 Å². The van der Waals surface area contributed by atoms with Gasteiger partial charge in [0.1, 0.15) is 12.2 Å². The van der Waals surface area contributed by atoms with Crippen LogP contribution in [0.3, 0.4) is 0 Å². The third-order valence-electron chi connectivity index (χ3n) is 15.8. The Hall–Kier alpha value is -4.48. The van der Waals surface area contributed by atoms with E-state index in [4.69, 9.17) is 19.4 Å². The van der Waals surface area contributed by atoms with Crippen LogP contribution in [0.4, 0.5) is 0 Å². The minimum atomic E-state index is -0.447. The molecular weight excluding hydrogens is 931 g/mol. The predicted octanol–water partition coefficient (Wildman–Crippen LogP) is 13.4. The van der Waals surface area contributed by atoms with Gasteiger partial charge in [0.25, 0.3) is 5.91 Å². The molecule has 0 spiro atoms. The Kier molecular flexibility index (Phi) is 25.4. The Morgan fingerprint density at radius 1 is 0.770 bits per heavy atom. The smallest absolute Gasteiger partial charge is 0.664 e. The third-order valence-corrected chi connectivity index (χ3v) is 15.8. The van der Waals surface area contributed by atoms with Crippen molar-refractivity contribution in [3.05, 3.63) is 93.4 Å². The van der Waals surface area contributed by atoms with Crippen molar-refractivity contribution in [1.29, 1.82) is 0 Å². The number of carbonyl (C=O) groups excluding carboxylic acids is 3. The monoisotopic (exact) mass is 1020 g/mol. The van der Waals surface area contributed by atoms with E-state index < -0.39 is 5.97 Å². The molecule has 5 heterocycles. The molecule has 400 valence electrons. The summed E-state index contributed by atoms with van der Waals surface area (Å²) >= 11 is 0. The van der Waals surface area contributed by atoms with Crippen LogP contribution in [-0.2, 0) is 36.7 Å². The maximum absolute atomic E-state index is 15.2. The number of aromatic nitrogens is 4. The van der Waals surface area contributed by atoms with Crippen LogP contribution in [0.15, 0.2) is 42.5 Å². The van der Waals surface area contributed by atoms with Gasteiger partial charge >= 0.3 is 35.0 Å². The number of allylic oxidation sites excluding steroid dienone is 5. The van der Waals surface area contributed by atoms with Crippen LogP contribution in [0.25, 0.3) is 33.3 Å². The first-order chi connectivity index (χ1) is 35.0. The van der Waals surface area contributed by atoms with Crippen molar-refractivity contribution in [2.45, 2.75) is 204 Å². The first-order valence-electron chi connectivity index (χ1n) is 28.2. The van der Waals surface area contributed by atoms with Crippen LogP contribution in [0, 0.1) is 24.7 Å². The van der Waals surface area contributed by atoms with Gasteiger partial charge in [-0.25, -0.2) is 9.97 Å². The number of fused-ring (bicyclic) bond motifs is 8. The van der Waals surface area contributed by atoms with E-state index in [2.05, 4.69) is 117 Å². The predicted molar refractivity (Wildman–Crippen MR) is 305 cm³/mol. The molecule has 3 aliphatic heterocycles. The maximum atomic E-state index is 15.2. The van der Waals surface area contributed by atoms with Gasteiger partial charge in [-0.05, 0) is 120 Å². The SMILES string of the molecule is C=CC1=C(C)c2cc3[n-]c(c(CC(=O)OC)c4[nH+]c(cc5[n-]c(cc1[nH+]2)c(C)c5CC)C(C)=C4C(=O)N(CCCC)CCCC)C(CCC(=O)OC/C=C(\C)CCCC(C)CCCC(C)CCCC(C)C)C3C.[Mg+2]. The fourth-order valence-corrected chi connectivity index (χ4v) is 10.9. The van der Waals surface area contributed by atoms with Crippen molar-refractivity contribution < 1.29 is 33.8 Å². The summed E-state index contributed by atoms with van der Waals surface area (Å²) in [6.07, 6.45) is 20.1. The van der Waals surface area contributed by atoms with E-state index in [1.165, 1.54) is 57.6 Å². The molecular formula is C63H93MgN5O5+2. The van der Waals surface area contributed by atoms with E-state index in [0.717, 1.165) is 118 Å². The normalized spacial score (nSPS) is 16.0. The molecule has 2 aromatic rings. The molecule has 2 N–H and O–H groups in total. The minimum absolute atomic E-state index is 0. The number of hydrogen-bond donors (Lipinski definition) is 0. The second-order valence-corrected chi connectivity index (χ2v) is 22.1. The van der Waals surface area contributed by atoms with Crippen LogP contribution in [0.5, 0.6) is 0 Å². The number of methoxy groups -OCH3 is 1. The number of hydrogen-bond acceptors (Lipinski definition) is 5. The summed E-state index contributed by atoms with van der Waals surface area (Å²) in [5, 5.41) is 0. The van der Waals surface area contributed by atoms with Gasteiger partial charge in [-0.3, -0.25) is 14.4 Å². The number of esters is 2. The molecule has 8 bridgehead atoms. The molecule has 0 fully saturated rings. The molecule has 0 aromatic carbocycles. The summed E-state index contributed by atoms with van der Waals surface area (Å²) in [5.74, 6) is 1.07. The molecule has 3 aliphatic rings. The largest absolute Gasteiger partial charge is 2.00 e. The second kappa shape index (κ2) is 30.3. The molecule has 4 atom stereocenters. The molecule has 0 saturated heterocycles. The van der Waals surface area contributed by atoms with Crippen LogP contribution >= 0.6 is 0 Å². The van der Waals surface area contributed by atoms with E-state index in [1.807, 2.05) is 17.9 Å². The zero-order chi connectivity index (χ0) is 53.4. The van der Waals surface area contributed by atoms with Crippen molar-refractivity contribution in [2.24, 2.45) is 17.8 Å². The Morgan fingerprint density at radius 3 is 2.00 bits per heavy atom. The first kappa shape index (κ1) is 62.1. The molecule has 1 amide bonds. The van der Waals surface area contributed by atoms with E-state index in [1.54, 1.807) is 0 Å². The van der Waals surface area contributed by atoms with E-state index in [0.29, 0.717) is 48.0 Å². The number of amides is 1. The van der Waals surface area contributed by atoms with Crippen molar-refractivity contribution in [3.63, 3.8) is 0 Å². The Balaban J connectivity index is 0.0000119. The van der Waals surface area contributed by atoms with Crippen molar-refractivity contribution in [2.75, 3.05) is 26.8 Å². The van der Waals surface area contributed by atoms with E-state index in [-0.39, 0.29) is 66.2 Å². The topological polar surface area (TPSA) is 129 Å². The number of H-pyrrole nitrogens is 2. The first-order valence-corrected chi connectivity index (χ1v) is 28.2. The number of rotatable bonds is 28. The fourth-order valence-electron chi connectivity index (χ4n) is 10.9. The van der Waals surface area contributed by atoms with Crippen LogP contribution in [-0.4, -0.2) is 72.6 Å². The average molecular weight is 1020 g/mol. The molecule has 2 aromatic heterocycles. The number of carbonyl (C=O) groups is 3. The summed E-state index contributed by atoms with van der Waals surface area (Å²) in [6.45, 7) is 32.0. The van der Waals surface area contributed by atoms with Gasteiger partial charge in [-0.15, -0.1) is 22.4 Å². The Bertz CT molecular complexity index is 2550. The van der Waals surface area contributed by atoms with Crippen molar-refractivity contribution in [3.8, 4) is 0 Å². The number of unbranched alkanes of at least 4 members (excludes halogenated alkanes) is 2. The van der Waals surface area contributed by atoms with Gasteiger partial charge in [-0.1, -0.05) is 143 Å². The fraction of sp³-hybridized carbons (Fsp3) is 0.603. The molecule has 10 nitrogen and oxygen atoms in total. The van der Waals surface area contributed by atoms with E-state index in [9.17, 15) is 9.59 Å². The van der Waals surface area contributed by atoms with Crippen LogP contribution in [0.2, 0.25) is 0 Å². The van der Waals surface area contributed by atoms with Gasteiger partial charge in [-0.2, -0.15) is 0 Å². The number of aryl methyl sites for hydroxylation is 2. The Labute approximate surface area is 462 Å². The van der Waals surface area contributed by atoms with Gasteiger partial charge in [0.15, 0.2) is 0 Å². The van der Waals surface area contributed by atoms with Crippen LogP contribution < -0.4 is 19.9 Å². The summed E-state index contributed by atoms with van der Waals surface area (Å²) in [5.41, 5.74) is 13.6. The van der Waals surface area contributed by atoms with Gasteiger partial charge in [0, 0.05) is 36.2 Å². The second-order valence-electron chi connectivity index (χ2n) is 22.1. The van der Waals surface area contributed by atoms with Crippen molar-refractivity contribution in [1.82, 2.24) is 14.9 Å². The number of nitrogens with zero attached hydrogens (tertiary/aromatic N) is 3. The summed E-state index contributed by atoms with van der Waals surface area (Å²) in [6, 6.07) is 6.24. The molecule has 0 saturated carbocycles. The third kappa shape index (κ3) is 16.5. The Morgan fingerprint density at radius 2 is 1.39 bits per heavy atom. The quantitative estimate of drug-likeness (QED) is 0.0471. The average Bonchev–Trinajstić information content (AvgIpc) is 4.04. The van der Waals surface area contributed by atoms with Crippen LogP contribution in [0.1, 0.15) is 235 Å². The molecule has 4 unspecified atom stereocenters. The summed E-state index contributed by atoms with van der Waals surface area (Å²) in [7, 11) is 1.39. The summed E-state index contributed by atoms with van der Waals surface area (Å²) < 4.78 is 11.3. The standard InChI is InChI=1S/C63H92N5O5.Mg/c1-15-19-33-68(34-20-16-2)63(71)60-47(13)55-39-57-49(18-4)45(11)53(65-57)38-56-48(17-3)44(10)52(64-56)37-54-46(12)50(61(66-54)51(62(60)67-55)36-59(70)72-14)30-31-58(69)73-35-32-43(9)29-23-28-42(8)27-22-26-41(7)25-21-24-40(5)6;/h17,32,37-42,46,50H,3,15-16,18-31,33-36H2,1-2,4-14H3,(H-,64,65,66,67,71);/q-1;+2/p+1/b43-32+;. The molecule has 0 aliphatic carbocycles. The van der Waals surface area contributed by atoms with E-state index >= 15 is 4.79 Å².